The fourth-order valence-corrected chi connectivity index (χ4v) is 1.78. The van der Waals surface area contributed by atoms with Crippen molar-refractivity contribution in [3.05, 3.63) is 65.0 Å². The molecule has 0 atom stereocenters. The lowest BCUT2D eigenvalue weighted by Crippen LogP contribution is -2.23. The minimum atomic E-state index is -0.554. The third-order valence-corrected chi connectivity index (χ3v) is 2.69. The van der Waals surface area contributed by atoms with Crippen molar-refractivity contribution in [1.82, 2.24) is 5.32 Å². The second-order valence-electron chi connectivity index (χ2n) is 4.27. The van der Waals surface area contributed by atoms with Crippen LogP contribution in [0.4, 0.5) is 10.1 Å². The number of carbonyl (C=O) groups is 1. The molecule has 1 amide bonds. The number of benzene rings is 2. The van der Waals surface area contributed by atoms with E-state index in [1.807, 2.05) is 6.07 Å². The van der Waals surface area contributed by atoms with Crippen molar-refractivity contribution in [2.45, 2.75) is 6.54 Å². The number of nitriles is 1. The van der Waals surface area contributed by atoms with E-state index in [0.29, 0.717) is 5.56 Å². The Labute approximate surface area is 115 Å². The molecule has 2 rings (SSSR count). The van der Waals surface area contributed by atoms with Gasteiger partial charge in [0.1, 0.15) is 5.82 Å². The first-order chi connectivity index (χ1) is 9.58. The van der Waals surface area contributed by atoms with Gasteiger partial charge in [-0.3, -0.25) is 4.79 Å². The molecule has 0 aliphatic rings. The van der Waals surface area contributed by atoms with E-state index in [9.17, 15) is 9.18 Å². The molecule has 4 nitrogen and oxygen atoms in total. The summed E-state index contributed by atoms with van der Waals surface area (Å²) in [6, 6.07) is 12.6. The van der Waals surface area contributed by atoms with Gasteiger partial charge in [-0.25, -0.2) is 4.39 Å². The molecule has 3 N–H and O–H groups in total. The molecule has 0 bridgehead atoms. The lowest BCUT2D eigenvalue weighted by atomic mass is 10.1. The molecule has 0 unspecified atom stereocenters. The summed E-state index contributed by atoms with van der Waals surface area (Å²) in [5.74, 6) is -0.972. The van der Waals surface area contributed by atoms with Crippen LogP contribution in [0.15, 0.2) is 42.5 Å². The van der Waals surface area contributed by atoms with Crippen LogP contribution in [-0.4, -0.2) is 5.91 Å². The summed E-state index contributed by atoms with van der Waals surface area (Å²) >= 11 is 0. The minimum absolute atomic E-state index is 0.166. The number of carbonyl (C=O) groups excluding carboxylic acids is 1. The number of anilines is 1. The third kappa shape index (κ3) is 3.33. The molecule has 100 valence electrons. The van der Waals surface area contributed by atoms with Gasteiger partial charge >= 0.3 is 0 Å². The first kappa shape index (κ1) is 13.6. The number of amides is 1. The Balaban J connectivity index is 2.06. The van der Waals surface area contributed by atoms with Crippen LogP contribution in [0.25, 0.3) is 0 Å². The van der Waals surface area contributed by atoms with Gasteiger partial charge in [-0.2, -0.15) is 5.26 Å². The fraction of sp³-hybridized carbons (Fsp3) is 0.0667. The van der Waals surface area contributed by atoms with Gasteiger partial charge in [0.25, 0.3) is 5.91 Å². The smallest absolute Gasteiger partial charge is 0.251 e. The van der Waals surface area contributed by atoms with E-state index in [2.05, 4.69) is 5.32 Å². The summed E-state index contributed by atoms with van der Waals surface area (Å²) in [6.07, 6.45) is 0. The Kier molecular flexibility index (Phi) is 3.96. The number of nitrogens with zero attached hydrogens (tertiary/aromatic N) is 1. The normalized spacial score (nSPS) is 9.80. The molecule has 0 radical (unpaired) electrons. The number of hydrogen-bond donors (Lipinski definition) is 2. The quantitative estimate of drug-likeness (QED) is 0.838. The predicted molar refractivity (Wildman–Crippen MR) is 73.1 cm³/mol. The van der Waals surface area contributed by atoms with Crippen molar-refractivity contribution in [3.8, 4) is 6.07 Å². The van der Waals surface area contributed by atoms with Crippen molar-refractivity contribution in [2.24, 2.45) is 0 Å². The first-order valence-electron chi connectivity index (χ1n) is 5.92. The van der Waals surface area contributed by atoms with Gasteiger partial charge < -0.3 is 11.1 Å². The van der Waals surface area contributed by atoms with E-state index in [4.69, 9.17) is 11.0 Å². The standard InChI is InChI=1S/C15H12FN3O/c16-13-5-12(6-14(18)7-13)15(20)19-9-11-3-1-2-10(4-11)8-17/h1-7H,9,18H2,(H,19,20). The molecule has 0 saturated carbocycles. The zero-order valence-corrected chi connectivity index (χ0v) is 10.6. The van der Waals surface area contributed by atoms with Crippen LogP contribution in [0.1, 0.15) is 21.5 Å². The van der Waals surface area contributed by atoms with Crippen LogP contribution in [0.5, 0.6) is 0 Å². The van der Waals surface area contributed by atoms with Gasteiger partial charge in [-0.1, -0.05) is 12.1 Å². The molecule has 0 aromatic heterocycles. The summed E-state index contributed by atoms with van der Waals surface area (Å²) in [5, 5.41) is 11.4. The molecule has 0 spiro atoms. The minimum Gasteiger partial charge on any atom is -0.399 e. The second-order valence-corrected chi connectivity index (χ2v) is 4.27. The topological polar surface area (TPSA) is 78.9 Å². The van der Waals surface area contributed by atoms with Crippen molar-refractivity contribution < 1.29 is 9.18 Å². The van der Waals surface area contributed by atoms with Crippen molar-refractivity contribution in [3.63, 3.8) is 0 Å². The lowest BCUT2D eigenvalue weighted by molar-refractivity contribution is 0.0950. The highest BCUT2D eigenvalue weighted by molar-refractivity contribution is 5.95. The Morgan fingerprint density at radius 1 is 1.30 bits per heavy atom. The highest BCUT2D eigenvalue weighted by Crippen LogP contribution is 2.11. The van der Waals surface area contributed by atoms with Gasteiger partial charge in [-0.05, 0) is 35.9 Å². The van der Waals surface area contributed by atoms with Crippen LogP contribution < -0.4 is 11.1 Å². The van der Waals surface area contributed by atoms with E-state index in [1.165, 1.54) is 6.07 Å². The zero-order chi connectivity index (χ0) is 14.5. The Morgan fingerprint density at radius 3 is 2.80 bits per heavy atom. The van der Waals surface area contributed by atoms with E-state index in [-0.39, 0.29) is 17.8 Å². The number of nitrogens with one attached hydrogen (secondary N) is 1. The summed E-state index contributed by atoms with van der Waals surface area (Å²) in [5.41, 5.74) is 7.16. The maximum absolute atomic E-state index is 13.2. The van der Waals surface area contributed by atoms with Crippen molar-refractivity contribution in [2.75, 3.05) is 5.73 Å². The average Bonchev–Trinajstić information content (AvgIpc) is 2.44. The Bertz CT molecular complexity index is 672. The molecule has 0 aliphatic carbocycles. The summed E-state index contributed by atoms with van der Waals surface area (Å²) in [7, 11) is 0. The third-order valence-electron chi connectivity index (χ3n) is 2.69. The molecule has 0 fully saturated rings. The summed E-state index contributed by atoms with van der Waals surface area (Å²) in [4.78, 5) is 11.9. The average molecular weight is 269 g/mol. The molecule has 0 saturated heterocycles. The molecule has 0 aliphatic heterocycles. The van der Waals surface area contributed by atoms with Gasteiger partial charge in [0, 0.05) is 17.8 Å². The van der Waals surface area contributed by atoms with Crippen LogP contribution >= 0.6 is 0 Å². The molecule has 5 heteroatoms. The predicted octanol–water partition coefficient (Wildman–Crippen LogP) is 2.21. The molecular weight excluding hydrogens is 257 g/mol. The van der Waals surface area contributed by atoms with Crippen molar-refractivity contribution >= 4 is 11.6 Å². The van der Waals surface area contributed by atoms with Gasteiger partial charge in [0.2, 0.25) is 0 Å². The van der Waals surface area contributed by atoms with Gasteiger partial charge in [-0.15, -0.1) is 0 Å². The molecule has 20 heavy (non-hydrogen) atoms. The van der Waals surface area contributed by atoms with E-state index in [1.54, 1.807) is 24.3 Å². The van der Waals surface area contributed by atoms with Gasteiger partial charge in [0.05, 0.1) is 11.6 Å². The maximum Gasteiger partial charge on any atom is 0.251 e. The Hall–Kier alpha value is -2.87. The summed E-state index contributed by atoms with van der Waals surface area (Å²) < 4.78 is 13.2. The van der Waals surface area contributed by atoms with Crippen LogP contribution in [0, 0.1) is 17.1 Å². The van der Waals surface area contributed by atoms with Crippen LogP contribution in [0.3, 0.4) is 0 Å². The maximum atomic E-state index is 13.2. The highest BCUT2D eigenvalue weighted by Gasteiger charge is 2.08. The first-order valence-corrected chi connectivity index (χ1v) is 5.92. The van der Waals surface area contributed by atoms with E-state index >= 15 is 0 Å². The lowest BCUT2D eigenvalue weighted by Gasteiger charge is -2.06. The van der Waals surface area contributed by atoms with Crippen LogP contribution in [0.2, 0.25) is 0 Å². The second kappa shape index (κ2) is 5.85. The number of nitrogen functional groups attached to an aromatic ring is 1. The summed E-state index contributed by atoms with van der Waals surface area (Å²) in [6.45, 7) is 0.255. The van der Waals surface area contributed by atoms with Gasteiger partial charge in [0.15, 0.2) is 0 Å². The number of hydrogen-bond acceptors (Lipinski definition) is 3. The monoisotopic (exact) mass is 269 g/mol. The SMILES string of the molecule is N#Cc1cccc(CNC(=O)c2cc(N)cc(F)c2)c1. The van der Waals surface area contributed by atoms with Crippen LogP contribution in [-0.2, 0) is 6.54 Å². The molecule has 2 aromatic carbocycles. The molecule has 2 aromatic rings. The molecule has 0 heterocycles. The largest absolute Gasteiger partial charge is 0.399 e. The molecular formula is C15H12FN3O. The fourth-order valence-electron chi connectivity index (χ4n) is 1.78. The number of halogens is 1. The van der Waals surface area contributed by atoms with Crippen molar-refractivity contribution in [1.29, 1.82) is 5.26 Å². The zero-order valence-electron chi connectivity index (χ0n) is 10.6. The highest BCUT2D eigenvalue weighted by atomic mass is 19.1. The van der Waals surface area contributed by atoms with E-state index < -0.39 is 11.7 Å². The number of nitrogens with two attached hydrogens (primary N) is 1. The Morgan fingerprint density at radius 2 is 2.10 bits per heavy atom. The van der Waals surface area contributed by atoms with E-state index in [0.717, 1.165) is 17.7 Å². The number of rotatable bonds is 3.